The van der Waals surface area contributed by atoms with Crippen LogP contribution in [0.3, 0.4) is 0 Å². The van der Waals surface area contributed by atoms with E-state index in [-0.39, 0.29) is 0 Å². The monoisotopic (exact) mass is 940 g/mol. The van der Waals surface area contributed by atoms with Gasteiger partial charge in [0, 0.05) is 33.5 Å². The largest absolute Gasteiger partial charge is 0.311 e. The molecule has 0 N–H and O–H groups in total. The molecule has 0 unspecified atom stereocenters. The van der Waals surface area contributed by atoms with Gasteiger partial charge in [0.1, 0.15) is 0 Å². The van der Waals surface area contributed by atoms with Crippen LogP contribution in [0, 0.1) is 0 Å². The summed E-state index contributed by atoms with van der Waals surface area (Å²) in [5.74, 6) is 0. The van der Waals surface area contributed by atoms with Gasteiger partial charge in [-0.25, -0.2) is 0 Å². The van der Waals surface area contributed by atoms with Gasteiger partial charge in [-0.15, -0.1) is 0 Å². The molecule has 2 heteroatoms. The topological polar surface area (TPSA) is 8.17 Å². The van der Waals surface area contributed by atoms with Gasteiger partial charge >= 0.3 is 0 Å². The molecule has 0 aliphatic heterocycles. The summed E-state index contributed by atoms with van der Waals surface area (Å²) in [5.41, 5.74) is 18.8. The summed E-state index contributed by atoms with van der Waals surface area (Å²) in [4.78, 5) is 2.37. The fraction of sp³-hybridized carbons (Fsp3) is 0. The van der Waals surface area contributed by atoms with Crippen LogP contribution in [0.1, 0.15) is 0 Å². The standard InChI is InChI=1S/C72H48N2/c1-2-15-52(16-3-1)63-27-13-18-54-19-14-28-64(72(54)63)53-37-45-60(46-38-53)73(58-39-31-49(32-40-58)50-33-43-61(44-34-50)74-70-29-10-8-25-67(70)68-26-9-11-30-71(68)74)59-41-35-51(36-42-59)55-20-12-21-56(47-55)69-48-57-17-4-5-22-62(57)65-23-6-7-24-66(65)69/h1-48H. The highest BCUT2D eigenvalue weighted by Crippen LogP contribution is 2.42. The minimum Gasteiger partial charge on any atom is -0.311 e. The Labute approximate surface area is 430 Å². The molecule has 1 heterocycles. The number of hydrogen-bond acceptors (Lipinski definition) is 1. The first-order valence-electron chi connectivity index (χ1n) is 25.5. The van der Waals surface area contributed by atoms with E-state index in [1.807, 2.05) is 0 Å². The van der Waals surface area contributed by atoms with E-state index in [0.717, 1.165) is 28.3 Å². The second-order valence-electron chi connectivity index (χ2n) is 19.2. The minimum absolute atomic E-state index is 1.08. The zero-order chi connectivity index (χ0) is 49.0. The number of nitrogens with zero attached hydrogens (tertiary/aromatic N) is 2. The van der Waals surface area contributed by atoms with Crippen LogP contribution in [0.15, 0.2) is 291 Å². The van der Waals surface area contributed by atoms with Gasteiger partial charge in [0.25, 0.3) is 0 Å². The smallest absolute Gasteiger partial charge is 0.0541 e. The van der Waals surface area contributed by atoms with Crippen molar-refractivity contribution in [3.63, 3.8) is 0 Å². The number of fused-ring (bicyclic) bond motifs is 7. The van der Waals surface area contributed by atoms with Crippen LogP contribution in [-0.2, 0) is 0 Å². The lowest BCUT2D eigenvalue weighted by atomic mass is 9.91. The molecule has 0 radical (unpaired) electrons. The molecule has 0 spiro atoms. The van der Waals surface area contributed by atoms with Gasteiger partial charge in [-0.05, 0) is 161 Å². The molecular weight excluding hydrogens is 893 g/mol. The van der Waals surface area contributed by atoms with Crippen molar-refractivity contribution in [3.05, 3.63) is 291 Å². The van der Waals surface area contributed by atoms with E-state index in [4.69, 9.17) is 0 Å². The second kappa shape index (κ2) is 18.1. The third-order valence-corrected chi connectivity index (χ3v) is 15.0. The number of rotatable bonds is 9. The van der Waals surface area contributed by atoms with Crippen molar-refractivity contribution in [2.45, 2.75) is 0 Å². The van der Waals surface area contributed by atoms with Crippen LogP contribution >= 0.6 is 0 Å². The van der Waals surface area contributed by atoms with E-state index in [0.29, 0.717) is 0 Å². The van der Waals surface area contributed by atoms with Crippen LogP contribution in [0.2, 0.25) is 0 Å². The molecule has 2 nitrogen and oxygen atoms in total. The van der Waals surface area contributed by atoms with Crippen LogP contribution in [-0.4, -0.2) is 4.57 Å². The predicted octanol–water partition coefficient (Wildman–Crippen LogP) is 20.0. The van der Waals surface area contributed by atoms with Crippen molar-refractivity contribution in [1.82, 2.24) is 4.57 Å². The summed E-state index contributed by atoms with van der Waals surface area (Å²) in [6.45, 7) is 0. The van der Waals surface area contributed by atoms with Crippen LogP contribution < -0.4 is 4.90 Å². The molecule has 0 atom stereocenters. The van der Waals surface area contributed by atoms with Crippen molar-refractivity contribution in [2.24, 2.45) is 0 Å². The zero-order valence-electron chi connectivity index (χ0n) is 40.6. The molecule has 0 saturated carbocycles. The molecule has 0 aliphatic carbocycles. The summed E-state index contributed by atoms with van der Waals surface area (Å²) in [6.07, 6.45) is 0. The number of benzene rings is 13. The highest BCUT2D eigenvalue weighted by atomic mass is 15.1. The van der Waals surface area contributed by atoms with Gasteiger partial charge in [0.05, 0.1) is 11.0 Å². The lowest BCUT2D eigenvalue weighted by molar-refractivity contribution is 1.18. The van der Waals surface area contributed by atoms with E-state index < -0.39 is 0 Å². The van der Waals surface area contributed by atoms with Crippen molar-refractivity contribution in [2.75, 3.05) is 4.90 Å². The maximum Gasteiger partial charge on any atom is 0.0541 e. The molecule has 0 fully saturated rings. The third-order valence-electron chi connectivity index (χ3n) is 15.0. The quantitative estimate of drug-likeness (QED) is 0.131. The average Bonchev–Trinajstić information content (AvgIpc) is 3.83. The van der Waals surface area contributed by atoms with Gasteiger partial charge in [0.15, 0.2) is 0 Å². The summed E-state index contributed by atoms with van der Waals surface area (Å²) in [7, 11) is 0. The van der Waals surface area contributed by atoms with E-state index in [1.54, 1.807) is 0 Å². The Morgan fingerprint density at radius 1 is 0.230 bits per heavy atom. The van der Waals surface area contributed by atoms with Gasteiger partial charge in [-0.1, -0.05) is 218 Å². The fourth-order valence-electron chi connectivity index (χ4n) is 11.4. The van der Waals surface area contributed by atoms with Crippen molar-refractivity contribution < 1.29 is 0 Å². The molecule has 0 saturated heterocycles. The highest BCUT2D eigenvalue weighted by Gasteiger charge is 2.17. The molecular formula is C72H48N2. The zero-order valence-corrected chi connectivity index (χ0v) is 40.6. The second-order valence-corrected chi connectivity index (χ2v) is 19.2. The fourth-order valence-corrected chi connectivity index (χ4v) is 11.4. The number of hydrogen-bond donors (Lipinski definition) is 0. The maximum atomic E-state index is 2.37. The van der Waals surface area contributed by atoms with E-state index in [9.17, 15) is 0 Å². The van der Waals surface area contributed by atoms with E-state index in [1.165, 1.54) is 104 Å². The third kappa shape index (κ3) is 7.52. The predicted molar refractivity (Wildman–Crippen MR) is 315 cm³/mol. The van der Waals surface area contributed by atoms with Crippen LogP contribution in [0.5, 0.6) is 0 Å². The average molecular weight is 941 g/mol. The molecule has 0 amide bonds. The minimum atomic E-state index is 1.08. The van der Waals surface area contributed by atoms with Crippen LogP contribution in [0.4, 0.5) is 17.1 Å². The number of aromatic nitrogens is 1. The SMILES string of the molecule is c1ccc(-c2cccc3cccc(-c4ccc(N(c5ccc(-c6ccc(-n7c8ccccc8c8ccccc87)cc6)cc5)c5ccc(-c6cccc(-c7cc8ccccc8c8ccccc78)c6)cc5)cc4)c23)cc1. The molecule has 74 heavy (non-hydrogen) atoms. The van der Waals surface area contributed by atoms with E-state index >= 15 is 0 Å². The Kier molecular flexibility index (Phi) is 10.6. The Bertz CT molecular complexity index is 4320. The first-order chi connectivity index (χ1) is 36.7. The maximum absolute atomic E-state index is 2.37. The normalized spacial score (nSPS) is 11.5. The number of para-hydroxylation sites is 2. The summed E-state index contributed by atoms with van der Waals surface area (Å²) < 4.78 is 2.37. The van der Waals surface area contributed by atoms with Crippen molar-refractivity contribution in [3.8, 4) is 61.3 Å². The lowest BCUT2D eigenvalue weighted by Gasteiger charge is -2.26. The van der Waals surface area contributed by atoms with Gasteiger partial charge in [-0.2, -0.15) is 0 Å². The van der Waals surface area contributed by atoms with Crippen molar-refractivity contribution >= 4 is 71.2 Å². The van der Waals surface area contributed by atoms with Crippen molar-refractivity contribution in [1.29, 1.82) is 0 Å². The summed E-state index contributed by atoms with van der Waals surface area (Å²) in [5, 5.41) is 10.1. The first-order valence-corrected chi connectivity index (χ1v) is 25.5. The molecule has 1 aromatic heterocycles. The Hall–Kier alpha value is -9.76. The summed E-state index contributed by atoms with van der Waals surface area (Å²) in [6, 6.07) is 106. The molecule has 0 aliphatic rings. The number of anilines is 3. The Morgan fingerprint density at radius 2 is 0.649 bits per heavy atom. The van der Waals surface area contributed by atoms with Crippen LogP contribution in [0.25, 0.3) is 115 Å². The molecule has 14 rings (SSSR count). The lowest BCUT2D eigenvalue weighted by Crippen LogP contribution is -2.09. The molecule has 14 aromatic rings. The molecule has 13 aromatic carbocycles. The van der Waals surface area contributed by atoms with Gasteiger partial charge < -0.3 is 9.47 Å². The van der Waals surface area contributed by atoms with E-state index in [2.05, 4.69) is 301 Å². The molecule has 346 valence electrons. The highest BCUT2D eigenvalue weighted by molar-refractivity contribution is 6.14. The Morgan fingerprint density at radius 3 is 1.26 bits per heavy atom. The first kappa shape index (κ1) is 43.1. The van der Waals surface area contributed by atoms with Gasteiger partial charge in [0.2, 0.25) is 0 Å². The van der Waals surface area contributed by atoms with Gasteiger partial charge in [-0.3, -0.25) is 0 Å². The molecule has 0 bridgehead atoms. The summed E-state index contributed by atoms with van der Waals surface area (Å²) >= 11 is 0. The Balaban J connectivity index is 0.829.